The van der Waals surface area contributed by atoms with Gasteiger partial charge in [-0.25, -0.2) is 4.98 Å². The zero-order valence-electron chi connectivity index (χ0n) is 11.1. The van der Waals surface area contributed by atoms with Crippen LogP contribution in [-0.4, -0.2) is 21.4 Å². The Morgan fingerprint density at radius 2 is 2.05 bits per heavy atom. The summed E-state index contributed by atoms with van der Waals surface area (Å²) in [6, 6.07) is 0. The molecule has 1 aromatic heterocycles. The SMILES string of the molecule is Cn1cncc1C1CC(=O)NC(=O)C1C1CCCC1. The lowest BCUT2D eigenvalue weighted by atomic mass is 9.74. The number of aryl methyl sites for hydroxylation is 1. The Balaban J connectivity index is 1.94. The number of hydrogen-bond donors (Lipinski definition) is 1. The van der Waals surface area contributed by atoms with E-state index in [1.165, 1.54) is 12.8 Å². The van der Waals surface area contributed by atoms with E-state index in [0.29, 0.717) is 12.3 Å². The fourth-order valence-corrected chi connectivity index (χ4v) is 3.65. The number of nitrogens with zero attached hydrogens (tertiary/aromatic N) is 2. The summed E-state index contributed by atoms with van der Waals surface area (Å²) in [4.78, 5) is 28.1. The third-order valence-electron chi connectivity index (χ3n) is 4.55. The highest BCUT2D eigenvalue weighted by Gasteiger charge is 2.43. The van der Waals surface area contributed by atoms with E-state index in [-0.39, 0.29) is 23.7 Å². The van der Waals surface area contributed by atoms with Gasteiger partial charge in [-0.15, -0.1) is 0 Å². The summed E-state index contributed by atoms with van der Waals surface area (Å²) in [5.41, 5.74) is 1.00. The summed E-state index contributed by atoms with van der Waals surface area (Å²) in [7, 11) is 1.92. The number of carbonyl (C=O) groups is 2. The lowest BCUT2D eigenvalue weighted by molar-refractivity contribution is -0.139. The Bertz CT molecular complexity index is 503. The molecule has 1 N–H and O–H groups in total. The standard InChI is InChI=1S/C14H19N3O2/c1-17-8-15-7-11(17)10-6-12(18)16-14(19)13(10)9-4-2-3-5-9/h7-10,13H,2-6H2,1H3,(H,16,18,19). The fourth-order valence-electron chi connectivity index (χ4n) is 3.65. The van der Waals surface area contributed by atoms with Gasteiger partial charge >= 0.3 is 0 Å². The number of hydrogen-bond acceptors (Lipinski definition) is 3. The van der Waals surface area contributed by atoms with Crippen molar-refractivity contribution in [1.29, 1.82) is 0 Å². The van der Waals surface area contributed by atoms with E-state index in [2.05, 4.69) is 10.3 Å². The van der Waals surface area contributed by atoms with Gasteiger partial charge in [-0.2, -0.15) is 0 Å². The van der Waals surface area contributed by atoms with Gasteiger partial charge in [-0.3, -0.25) is 14.9 Å². The first-order chi connectivity index (χ1) is 9.16. The van der Waals surface area contributed by atoms with Gasteiger partial charge in [0.1, 0.15) is 0 Å². The number of imide groups is 1. The van der Waals surface area contributed by atoms with Crippen molar-refractivity contribution in [1.82, 2.24) is 14.9 Å². The summed E-state index contributed by atoms with van der Waals surface area (Å²) >= 11 is 0. The molecule has 0 bridgehead atoms. The number of rotatable bonds is 2. The number of nitrogens with one attached hydrogen (secondary N) is 1. The summed E-state index contributed by atoms with van der Waals surface area (Å²) < 4.78 is 1.93. The predicted molar refractivity (Wildman–Crippen MR) is 69.2 cm³/mol. The van der Waals surface area contributed by atoms with Crippen molar-refractivity contribution < 1.29 is 9.59 Å². The minimum atomic E-state index is -0.162. The van der Waals surface area contributed by atoms with Crippen molar-refractivity contribution in [3.8, 4) is 0 Å². The number of aromatic nitrogens is 2. The van der Waals surface area contributed by atoms with Crippen LogP contribution in [-0.2, 0) is 16.6 Å². The van der Waals surface area contributed by atoms with Crippen LogP contribution in [0.4, 0.5) is 0 Å². The molecule has 2 atom stereocenters. The lowest BCUT2D eigenvalue weighted by Gasteiger charge is -2.34. The smallest absolute Gasteiger partial charge is 0.230 e. The minimum absolute atomic E-state index is 0.0168. The van der Waals surface area contributed by atoms with Gasteiger partial charge in [-0.05, 0) is 18.8 Å². The predicted octanol–water partition coefficient (Wildman–Crippen LogP) is 1.36. The maximum absolute atomic E-state index is 12.2. The van der Waals surface area contributed by atoms with Gasteiger partial charge in [0.2, 0.25) is 11.8 Å². The van der Waals surface area contributed by atoms with Gasteiger partial charge < -0.3 is 4.57 Å². The zero-order valence-corrected chi connectivity index (χ0v) is 11.1. The summed E-state index contributed by atoms with van der Waals surface area (Å²) in [6.07, 6.45) is 8.51. The largest absolute Gasteiger partial charge is 0.337 e. The van der Waals surface area contributed by atoms with Gasteiger partial charge in [0.15, 0.2) is 0 Å². The third kappa shape index (κ3) is 2.17. The fraction of sp³-hybridized carbons (Fsp3) is 0.643. The van der Waals surface area contributed by atoms with Crippen LogP contribution in [0.3, 0.4) is 0 Å². The molecule has 5 heteroatoms. The molecule has 1 saturated heterocycles. The molecular weight excluding hydrogens is 242 g/mol. The Morgan fingerprint density at radius 1 is 1.32 bits per heavy atom. The van der Waals surface area contributed by atoms with Crippen LogP contribution in [0.2, 0.25) is 0 Å². The maximum atomic E-state index is 12.2. The molecule has 2 fully saturated rings. The Hall–Kier alpha value is -1.65. The monoisotopic (exact) mass is 261 g/mol. The molecule has 2 heterocycles. The van der Waals surface area contributed by atoms with Crippen LogP contribution in [0.25, 0.3) is 0 Å². The van der Waals surface area contributed by atoms with Crippen LogP contribution < -0.4 is 5.32 Å². The highest BCUT2D eigenvalue weighted by Crippen LogP contribution is 2.42. The third-order valence-corrected chi connectivity index (χ3v) is 4.55. The van der Waals surface area contributed by atoms with Crippen LogP contribution in [0.15, 0.2) is 12.5 Å². The molecule has 2 aliphatic rings. The van der Waals surface area contributed by atoms with Crippen molar-refractivity contribution in [2.45, 2.75) is 38.0 Å². The number of imidazole rings is 1. The first-order valence-electron chi connectivity index (χ1n) is 6.96. The highest BCUT2D eigenvalue weighted by atomic mass is 16.2. The van der Waals surface area contributed by atoms with Crippen molar-refractivity contribution in [3.05, 3.63) is 18.2 Å². The maximum Gasteiger partial charge on any atom is 0.230 e. The summed E-state index contributed by atoms with van der Waals surface area (Å²) in [5.74, 6) is 0.0697. The van der Waals surface area contributed by atoms with Crippen LogP contribution in [0.5, 0.6) is 0 Å². The van der Waals surface area contributed by atoms with Gasteiger partial charge in [0.05, 0.1) is 12.2 Å². The molecule has 2 amide bonds. The zero-order chi connectivity index (χ0) is 13.4. The topological polar surface area (TPSA) is 64.0 Å². The Morgan fingerprint density at radius 3 is 2.68 bits per heavy atom. The van der Waals surface area contributed by atoms with Crippen LogP contribution in [0, 0.1) is 11.8 Å². The van der Waals surface area contributed by atoms with E-state index in [9.17, 15) is 9.59 Å². The summed E-state index contributed by atoms with van der Waals surface area (Å²) in [6.45, 7) is 0. The van der Waals surface area contributed by atoms with E-state index in [4.69, 9.17) is 0 Å². The normalized spacial score (nSPS) is 28.7. The molecule has 3 rings (SSSR count). The van der Waals surface area contributed by atoms with E-state index in [1.807, 2.05) is 11.6 Å². The highest BCUT2D eigenvalue weighted by molar-refractivity contribution is 6.00. The van der Waals surface area contributed by atoms with E-state index in [1.54, 1.807) is 12.5 Å². The Kier molecular flexibility index (Phi) is 3.12. The van der Waals surface area contributed by atoms with Crippen molar-refractivity contribution in [2.24, 2.45) is 18.9 Å². The minimum Gasteiger partial charge on any atom is -0.337 e. The van der Waals surface area contributed by atoms with Gasteiger partial charge in [0, 0.05) is 31.3 Å². The molecule has 5 nitrogen and oxygen atoms in total. The average Bonchev–Trinajstić information content (AvgIpc) is 2.99. The quantitative estimate of drug-likeness (QED) is 0.817. The molecule has 0 spiro atoms. The molecule has 0 radical (unpaired) electrons. The molecule has 1 aromatic rings. The first kappa shape index (κ1) is 12.4. The second kappa shape index (κ2) is 4.79. The number of carbonyl (C=O) groups excluding carboxylic acids is 2. The van der Waals surface area contributed by atoms with Crippen molar-refractivity contribution in [2.75, 3.05) is 0 Å². The van der Waals surface area contributed by atoms with E-state index >= 15 is 0 Å². The van der Waals surface area contributed by atoms with Gasteiger partial charge in [-0.1, -0.05) is 12.8 Å². The molecule has 0 aromatic carbocycles. The van der Waals surface area contributed by atoms with Gasteiger partial charge in [0.25, 0.3) is 0 Å². The molecule has 2 unspecified atom stereocenters. The number of piperidine rings is 1. The van der Waals surface area contributed by atoms with Crippen molar-refractivity contribution >= 4 is 11.8 Å². The second-order valence-electron chi connectivity index (χ2n) is 5.72. The first-order valence-corrected chi connectivity index (χ1v) is 6.96. The number of amides is 2. The van der Waals surface area contributed by atoms with Crippen LogP contribution >= 0.6 is 0 Å². The molecule has 1 aliphatic heterocycles. The second-order valence-corrected chi connectivity index (χ2v) is 5.72. The van der Waals surface area contributed by atoms with Crippen molar-refractivity contribution in [3.63, 3.8) is 0 Å². The summed E-state index contributed by atoms with van der Waals surface area (Å²) in [5, 5.41) is 2.51. The van der Waals surface area contributed by atoms with Crippen LogP contribution in [0.1, 0.15) is 43.7 Å². The van der Waals surface area contributed by atoms with E-state index < -0.39 is 0 Å². The average molecular weight is 261 g/mol. The molecule has 102 valence electrons. The molecule has 1 aliphatic carbocycles. The lowest BCUT2D eigenvalue weighted by Crippen LogP contribution is -2.47. The Labute approximate surface area is 112 Å². The molecule has 1 saturated carbocycles. The van der Waals surface area contributed by atoms with E-state index in [0.717, 1.165) is 18.5 Å². The molecule has 19 heavy (non-hydrogen) atoms. The molecular formula is C14H19N3O2.